The van der Waals surface area contributed by atoms with Crippen molar-refractivity contribution in [2.75, 3.05) is 23.4 Å². The third-order valence-electron chi connectivity index (χ3n) is 5.02. The molecule has 7 nitrogen and oxygen atoms in total. The van der Waals surface area contributed by atoms with Gasteiger partial charge in [-0.1, -0.05) is 30.4 Å². The lowest BCUT2D eigenvalue weighted by Crippen LogP contribution is -2.26. The maximum Gasteiger partial charge on any atom is 0.255 e. The molecule has 142 valence electrons. The molecule has 0 radical (unpaired) electrons. The third-order valence-corrected chi connectivity index (χ3v) is 6.02. The molecule has 0 saturated carbocycles. The van der Waals surface area contributed by atoms with Gasteiger partial charge in [-0.05, 0) is 37.0 Å². The maximum atomic E-state index is 12.5. The van der Waals surface area contributed by atoms with E-state index in [0.717, 1.165) is 30.0 Å². The second kappa shape index (κ2) is 7.74. The van der Waals surface area contributed by atoms with Gasteiger partial charge < -0.3 is 9.64 Å². The summed E-state index contributed by atoms with van der Waals surface area (Å²) in [6.07, 6.45) is 2.62. The molecule has 0 aliphatic carbocycles. The SMILES string of the molecule is CCc1ccc(N2CC(c3nnc(NC(=O)C4CCCO4)s3)CC2=O)cc1. The van der Waals surface area contributed by atoms with Crippen LogP contribution in [0.3, 0.4) is 0 Å². The minimum atomic E-state index is -0.396. The molecule has 27 heavy (non-hydrogen) atoms. The third kappa shape index (κ3) is 3.86. The van der Waals surface area contributed by atoms with E-state index in [1.807, 2.05) is 12.1 Å². The summed E-state index contributed by atoms with van der Waals surface area (Å²) >= 11 is 1.33. The lowest BCUT2D eigenvalue weighted by Gasteiger charge is -2.16. The molecule has 2 atom stereocenters. The number of hydrogen-bond donors (Lipinski definition) is 1. The Kier molecular flexibility index (Phi) is 5.18. The van der Waals surface area contributed by atoms with Gasteiger partial charge in [0.05, 0.1) is 0 Å². The van der Waals surface area contributed by atoms with Gasteiger partial charge >= 0.3 is 0 Å². The number of anilines is 2. The number of benzene rings is 1. The molecular weight excluding hydrogens is 364 g/mol. The average Bonchev–Trinajstić information content (AvgIpc) is 3.42. The average molecular weight is 386 g/mol. The lowest BCUT2D eigenvalue weighted by atomic mass is 10.1. The van der Waals surface area contributed by atoms with Crippen molar-refractivity contribution < 1.29 is 14.3 Å². The Balaban J connectivity index is 1.41. The molecule has 2 saturated heterocycles. The zero-order valence-corrected chi connectivity index (χ0v) is 16.0. The number of ether oxygens (including phenoxy) is 1. The van der Waals surface area contributed by atoms with Crippen LogP contribution in [0.5, 0.6) is 0 Å². The van der Waals surface area contributed by atoms with Crippen molar-refractivity contribution in [1.29, 1.82) is 0 Å². The predicted molar refractivity (Wildman–Crippen MR) is 103 cm³/mol. The van der Waals surface area contributed by atoms with Gasteiger partial charge in [-0.15, -0.1) is 10.2 Å². The largest absolute Gasteiger partial charge is 0.368 e. The molecule has 0 spiro atoms. The minimum Gasteiger partial charge on any atom is -0.368 e. The number of hydrogen-bond acceptors (Lipinski definition) is 6. The van der Waals surface area contributed by atoms with Crippen LogP contribution in [0, 0.1) is 0 Å². The first kappa shape index (κ1) is 18.1. The topological polar surface area (TPSA) is 84.4 Å². The van der Waals surface area contributed by atoms with Crippen LogP contribution in [-0.2, 0) is 20.7 Å². The molecule has 4 rings (SSSR count). The van der Waals surface area contributed by atoms with Gasteiger partial charge in [0.25, 0.3) is 5.91 Å². The summed E-state index contributed by atoms with van der Waals surface area (Å²) in [4.78, 5) is 26.4. The Hall–Kier alpha value is -2.32. The number of amides is 2. The normalized spacial score (nSPS) is 22.4. The Morgan fingerprint density at radius 1 is 1.33 bits per heavy atom. The molecule has 2 aliphatic heterocycles. The van der Waals surface area contributed by atoms with E-state index in [0.29, 0.717) is 24.7 Å². The summed E-state index contributed by atoms with van der Waals surface area (Å²) in [7, 11) is 0. The molecular formula is C19H22N4O3S. The van der Waals surface area contributed by atoms with Gasteiger partial charge in [0.15, 0.2) is 0 Å². The molecule has 2 aliphatic rings. The van der Waals surface area contributed by atoms with Gasteiger partial charge in [-0.2, -0.15) is 0 Å². The van der Waals surface area contributed by atoms with E-state index in [1.165, 1.54) is 16.9 Å². The lowest BCUT2D eigenvalue weighted by molar-refractivity contribution is -0.124. The van der Waals surface area contributed by atoms with Crippen LogP contribution >= 0.6 is 11.3 Å². The Morgan fingerprint density at radius 3 is 2.85 bits per heavy atom. The van der Waals surface area contributed by atoms with E-state index in [4.69, 9.17) is 4.74 Å². The number of aromatic nitrogens is 2. The first-order valence-corrected chi connectivity index (χ1v) is 10.1. The summed E-state index contributed by atoms with van der Waals surface area (Å²) in [5, 5.41) is 12.3. The number of aryl methyl sites for hydroxylation is 1. The first-order chi connectivity index (χ1) is 13.1. The number of nitrogens with zero attached hydrogens (tertiary/aromatic N) is 3. The van der Waals surface area contributed by atoms with Crippen LogP contribution in [0.15, 0.2) is 24.3 Å². The van der Waals surface area contributed by atoms with Crippen molar-refractivity contribution in [2.45, 2.75) is 44.6 Å². The molecule has 3 heterocycles. The zero-order valence-electron chi connectivity index (χ0n) is 15.2. The summed E-state index contributed by atoms with van der Waals surface area (Å²) in [5.41, 5.74) is 2.16. The van der Waals surface area contributed by atoms with Crippen LogP contribution < -0.4 is 10.2 Å². The zero-order chi connectivity index (χ0) is 18.8. The van der Waals surface area contributed by atoms with Crippen molar-refractivity contribution in [3.05, 3.63) is 34.8 Å². The molecule has 2 fully saturated rings. The smallest absolute Gasteiger partial charge is 0.255 e. The molecule has 1 aromatic carbocycles. The number of carbonyl (C=O) groups is 2. The van der Waals surface area contributed by atoms with Gasteiger partial charge in [0.2, 0.25) is 11.0 Å². The van der Waals surface area contributed by atoms with Crippen LogP contribution in [-0.4, -0.2) is 41.3 Å². The second-order valence-electron chi connectivity index (χ2n) is 6.86. The highest BCUT2D eigenvalue weighted by Crippen LogP contribution is 2.34. The van der Waals surface area contributed by atoms with Gasteiger partial charge in [-0.3, -0.25) is 14.9 Å². The fourth-order valence-electron chi connectivity index (χ4n) is 3.45. The molecule has 8 heteroatoms. The van der Waals surface area contributed by atoms with Crippen molar-refractivity contribution in [3.63, 3.8) is 0 Å². The monoisotopic (exact) mass is 386 g/mol. The van der Waals surface area contributed by atoms with Crippen LogP contribution in [0.2, 0.25) is 0 Å². The molecule has 0 bridgehead atoms. The van der Waals surface area contributed by atoms with E-state index < -0.39 is 6.10 Å². The standard InChI is InChI=1S/C19H22N4O3S/c1-2-12-5-7-14(8-6-12)23-11-13(10-16(23)24)18-21-22-19(27-18)20-17(25)15-4-3-9-26-15/h5-8,13,15H,2-4,9-11H2,1H3,(H,20,22,25). The summed E-state index contributed by atoms with van der Waals surface area (Å²) in [5.74, 6) is -0.0889. The van der Waals surface area contributed by atoms with E-state index >= 15 is 0 Å². The highest BCUT2D eigenvalue weighted by molar-refractivity contribution is 7.15. The summed E-state index contributed by atoms with van der Waals surface area (Å²) in [6.45, 7) is 3.31. The van der Waals surface area contributed by atoms with Crippen molar-refractivity contribution >= 4 is 34.0 Å². The summed E-state index contributed by atoms with van der Waals surface area (Å²) in [6, 6.07) is 8.10. The molecule has 2 aromatic rings. The number of rotatable bonds is 5. The highest BCUT2D eigenvalue weighted by Gasteiger charge is 2.34. The summed E-state index contributed by atoms with van der Waals surface area (Å²) < 4.78 is 5.38. The van der Waals surface area contributed by atoms with Gasteiger partial charge in [0.1, 0.15) is 11.1 Å². The molecule has 2 amide bonds. The molecule has 2 unspecified atom stereocenters. The molecule has 1 aromatic heterocycles. The fourth-order valence-corrected chi connectivity index (χ4v) is 4.29. The van der Waals surface area contributed by atoms with Crippen molar-refractivity contribution in [1.82, 2.24) is 10.2 Å². The first-order valence-electron chi connectivity index (χ1n) is 9.29. The van der Waals surface area contributed by atoms with E-state index in [9.17, 15) is 9.59 Å². The van der Waals surface area contributed by atoms with Gasteiger partial charge in [-0.25, -0.2) is 0 Å². The Morgan fingerprint density at radius 2 is 2.15 bits per heavy atom. The molecule has 1 N–H and O–H groups in total. The predicted octanol–water partition coefficient (Wildman–Crippen LogP) is 2.74. The maximum absolute atomic E-state index is 12.5. The van der Waals surface area contributed by atoms with E-state index in [2.05, 4.69) is 34.6 Å². The van der Waals surface area contributed by atoms with Crippen LogP contribution in [0.4, 0.5) is 10.8 Å². The quantitative estimate of drug-likeness (QED) is 0.854. The number of nitrogens with one attached hydrogen (secondary N) is 1. The van der Waals surface area contributed by atoms with Crippen molar-refractivity contribution in [3.8, 4) is 0 Å². The van der Waals surface area contributed by atoms with Gasteiger partial charge in [0, 0.05) is 31.2 Å². The minimum absolute atomic E-state index is 0.00534. The van der Waals surface area contributed by atoms with E-state index in [1.54, 1.807) is 4.90 Å². The number of carbonyl (C=O) groups excluding carboxylic acids is 2. The highest BCUT2D eigenvalue weighted by atomic mass is 32.1. The Bertz CT molecular complexity index is 830. The van der Waals surface area contributed by atoms with E-state index in [-0.39, 0.29) is 17.7 Å². The van der Waals surface area contributed by atoms with Crippen LogP contribution in [0.1, 0.15) is 42.7 Å². The fraction of sp³-hybridized carbons (Fsp3) is 0.474. The van der Waals surface area contributed by atoms with Crippen LogP contribution in [0.25, 0.3) is 0 Å². The van der Waals surface area contributed by atoms with Crippen molar-refractivity contribution in [2.24, 2.45) is 0 Å². The second-order valence-corrected chi connectivity index (χ2v) is 7.87. The Labute approximate surface area is 161 Å².